The number of tetrazole rings is 1. The molecule has 1 saturated heterocycles. The molecule has 2 heterocycles. The van der Waals surface area contributed by atoms with E-state index >= 15 is 8.78 Å². The summed E-state index contributed by atoms with van der Waals surface area (Å²) in [5.74, 6) is -5.67. The van der Waals surface area contributed by atoms with Crippen molar-refractivity contribution in [2.24, 2.45) is 5.41 Å². The molecule has 0 radical (unpaired) electrons. The van der Waals surface area contributed by atoms with Crippen LogP contribution in [0.1, 0.15) is 30.4 Å². The minimum absolute atomic E-state index is 0.0729. The molecule has 3 saturated carbocycles. The first-order chi connectivity index (χ1) is 19.1. The highest BCUT2D eigenvalue weighted by Gasteiger charge is 2.82. The molecule has 13 heteroatoms. The fourth-order valence-electron chi connectivity index (χ4n) is 6.49. The lowest BCUT2D eigenvalue weighted by Gasteiger charge is -2.74. The maximum absolute atomic E-state index is 16.3. The van der Waals surface area contributed by atoms with E-state index in [-0.39, 0.29) is 31.8 Å². The van der Waals surface area contributed by atoms with E-state index in [2.05, 4.69) is 15.5 Å². The largest absolute Gasteiger partial charge is 0.484 e. The third-order valence-electron chi connectivity index (χ3n) is 8.57. The van der Waals surface area contributed by atoms with Crippen LogP contribution < -0.4 is 4.74 Å². The molecule has 7 rings (SSSR count). The Bertz CT molecular complexity index is 1380. The molecule has 0 spiro atoms. The zero-order valence-electron chi connectivity index (χ0n) is 21.4. The second-order valence-electron chi connectivity index (χ2n) is 11.0. The summed E-state index contributed by atoms with van der Waals surface area (Å²) in [5.41, 5.74) is -5.01. The third-order valence-corrected chi connectivity index (χ3v) is 8.57. The van der Waals surface area contributed by atoms with E-state index in [9.17, 15) is 18.7 Å². The van der Waals surface area contributed by atoms with Crippen LogP contribution in [0, 0.1) is 17.0 Å². The molecular formula is C27H27F4N5O4. The molecule has 1 amide bonds. The van der Waals surface area contributed by atoms with Crippen molar-refractivity contribution in [1.29, 1.82) is 0 Å². The highest BCUT2D eigenvalue weighted by atomic mass is 19.3. The minimum Gasteiger partial charge on any atom is -0.484 e. The number of nitrogens with zero attached hydrogens (tertiary/aromatic N) is 5. The van der Waals surface area contributed by atoms with Crippen molar-refractivity contribution in [3.05, 3.63) is 71.6 Å². The van der Waals surface area contributed by atoms with Gasteiger partial charge in [0.2, 0.25) is 0 Å². The van der Waals surface area contributed by atoms with Gasteiger partial charge in [-0.15, -0.1) is 5.10 Å². The quantitative estimate of drug-likeness (QED) is 0.401. The van der Waals surface area contributed by atoms with Crippen LogP contribution in [-0.4, -0.2) is 75.0 Å². The molecular weight excluding hydrogens is 534 g/mol. The molecule has 3 aromatic rings. The lowest BCUT2D eigenvalue weighted by molar-refractivity contribution is -0.347. The number of halogens is 4. The molecule has 2 aromatic carbocycles. The molecule has 2 bridgehead atoms. The number of carbonyl (C=O) groups excluding carboxylic acids is 1. The van der Waals surface area contributed by atoms with Gasteiger partial charge in [0, 0.05) is 30.1 Å². The molecule has 4 aliphatic rings. The van der Waals surface area contributed by atoms with Crippen molar-refractivity contribution < 1.29 is 36.9 Å². The predicted octanol–water partition coefficient (Wildman–Crippen LogP) is 2.83. The Labute approximate surface area is 226 Å². The van der Waals surface area contributed by atoms with Crippen molar-refractivity contribution in [1.82, 2.24) is 25.1 Å². The number of aliphatic hydroxyl groups is 1. The van der Waals surface area contributed by atoms with E-state index in [1.807, 2.05) is 0 Å². The number of hydrogen-bond donors (Lipinski definition) is 1. The molecule has 1 aliphatic heterocycles. The second-order valence-corrected chi connectivity index (χ2v) is 11.0. The minimum atomic E-state index is -3.80. The number of hydrogen-bond acceptors (Lipinski definition) is 7. The van der Waals surface area contributed by atoms with E-state index in [1.165, 1.54) is 0 Å². The van der Waals surface area contributed by atoms with Crippen LogP contribution in [0.3, 0.4) is 0 Å². The van der Waals surface area contributed by atoms with Gasteiger partial charge in [0.05, 0.1) is 19.8 Å². The fraction of sp³-hybridized carbons (Fsp3) is 0.481. The normalized spacial score (nSPS) is 25.5. The van der Waals surface area contributed by atoms with Gasteiger partial charge in [-0.3, -0.25) is 4.79 Å². The van der Waals surface area contributed by atoms with Crippen LogP contribution in [0.15, 0.2) is 48.8 Å². The lowest BCUT2D eigenvalue weighted by Crippen LogP contribution is -2.76. The first kappa shape index (κ1) is 26.6. The molecule has 1 unspecified atom stereocenters. The average Bonchev–Trinajstić information content (AvgIpc) is 3.39. The smallest absolute Gasteiger partial charge is 0.287 e. The van der Waals surface area contributed by atoms with Crippen LogP contribution in [0.2, 0.25) is 0 Å². The van der Waals surface area contributed by atoms with Gasteiger partial charge < -0.3 is 19.5 Å². The maximum Gasteiger partial charge on any atom is 0.287 e. The summed E-state index contributed by atoms with van der Waals surface area (Å²) in [4.78, 5) is 14.0. The van der Waals surface area contributed by atoms with Gasteiger partial charge in [0.25, 0.3) is 11.8 Å². The number of amides is 1. The van der Waals surface area contributed by atoms with Crippen molar-refractivity contribution >= 4 is 5.91 Å². The number of rotatable bonds is 9. The fourth-order valence-corrected chi connectivity index (χ4v) is 6.49. The first-order valence-electron chi connectivity index (χ1n) is 12.9. The average molecular weight is 562 g/mol. The molecule has 4 fully saturated rings. The molecule has 9 nitrogen and oxygen atoms in total. The highest BCUT2D eigenvalue weighted by molar-refractivity contribution is 5.77. The third kappa shape index (κ3) is 4.14. The van der Waals surface area contributed by atoms with Gasteiger partial charge in [0.1, 0.15) is 23.7 Å². The second kappa shape index (κ2) is 9.51. The van der Waals surface area contributed by atoms with Gasteiger partial charge in [-0.2, -0.15) is 0 Å². The molecule has 1 atom stereocenters. The van der Waals surface area contributed by atoms with E-state index in [1.54, 1.807) is 29.2 Å². The maximum atomic E-state index is 16.3. The van der Waals surface area contributed by atoms with Gasteiger partial charge in [-0.25, -0.2) is 22.2 Å². The van der Waals surface area contributed by atoms with Gasteiger partial charge in [-0.1, -0.05) is 12.1 Å². The summed E-state index contributed by atoms with van der Waals surface area (Å²) in [6.45, 7) is 1.11. The topological polar surface area (TPSA) is 103 Å². The summed E-state index contributed by atoms with van der Waals surface area (Å²) >= 11 is 0. The molecule has 212 valence electrons. The summed E-state index contributed by atoms with van der Waals surface area (Å²) in [5, 5.41) is 21.9. The van der Waals surface area contributed by atoms with E-state index < -0.39 is 46.1 Å². The van der Waals surface area contributed by atoms with Crippen molar-refractivity contribution in [3.63, 3.8) is 0 Å². The van der Waals surface area contributed by atoms with Crippen molar-refractivity contribution in [2.75, 3.05) is 32.9 Å². The number of ether oxygens (including phenoxy) is 2. The number of aromatic nitrogens is 4. The zero-order chi connectivity index (χ0) is 28.2. The highest BCUT2D eigenvalue weighted by Crippen LogP contribution is 2.80. The number of benzene rings is 2. The van der Waals surface area contributed by atoms with E-state index in [0.29, 0.717) is 38.1 Å². The van der Waals surface area contributed by atoms with Crippen LogP contribution >= 0.6 is 0 Å². The summed E-state index contributed by atoms with van der Waals surface area (Å²) in [6, 6.07) is 9.14. The van der Waals surface area contributed by atoms with Gasteiger partial charge >= 0.3 is 0 Å². The van der Waals surface area contributed by atoms with E-state index in [0.717, 1.165) is 28.7 Å². The molecule has 3 aliphatic carbocycles. The Morgan fingerprint density at radius 3 is 2.40 bits per heavy atom. The Balaban J connectivity index is 1.17. The summed E-state index contributed by atoms with van der Waals surface area (Å²) in [6.07, 6.45) is 1.26. The first-order valence-corrected chi connectivity index (χ1v) is 12.9. The standard InChI is InChI=1S/C27H27F4N5O4/c28-19-3-6-21(22(29)11-19)26(38,16-36-17-32-33-34-36)27(30,31)25-13-24(14-25,15-25)18-1-4-20(5-2-18)40-12-23(37)35-7-9-39-10-8-35/h1-6,11,17,38H,7-10,12-16H2. The number of carbonyl (C=O) groups is 1. The summed E-state index contributed by atoms with van der Waals surface area (Å²) in [7, 11) is 0. The van der Waals surface area contributed by atoms with Crippen LogP contribution in [0.5, 0.6) is 5.75 Å². The molecule has 1 aromatic heterocycles. The Morgan fingerprint density at radius 1 is 1.07 bits per heavy atom. The van der Waals surface area contributed by atoms with Gasteiger partial charge in [-0.05, 0) is 64.9 Å². The van der Waals surface area contributed by atoms with Crippen molar-refractivity contribution in [3.8, 4) is 5.75 Å². The Morgan fingerprint density at radius 2 is 1.77 bits per heavy atom. The number of alkyl halides is 2. The Kier molecular flexibility index (Phi) is 6.33. The lowest BCUT2D eigenvalue weighted by atomic mass is 9.30. The van der Waals surface area contributed by atoms with Crippen LogP contribution in [-0.2, 0) is 27.1 Å². The molecule has 40 heavy (non-hydrogen) atoms. The predicted molar refractivity (Wildman–Crippen MR) is 130 cm³/mol. The molecule has 1 N–H and O–H groups in total. The summed E-state index contributed by atoms with van der Waals surface area (Å²) < 4.78 is 72.8. The SMILES string of the molecule is O=C(COc1ccc(C23CC(C(F)(F)C(O)(Cn4cnnn4)c4ccc(F)cc4F)(C2)C3)cc1)N1CCOCC1. The van der Waals surface area contributed by atoms with E-state index in [4.69, 9.17) is 9.47 Å². The van der Waals surface area contributed by atoms with Crippen molar-refractivity contribution in [2.45, 2.75) is 42.7 Å². The monoisotopic (exact) mass is 561 g/mol. The van der Waals surface area contributed by atoms with Crippen LogP contribution in [0.25, 0.3) is 0 Å². The Hall–Kier alpha value is -3.58. The zero-order valence-corrected chi connectivity index (χ0v) is 21.4. The van der Waals surface area contributed by atoms with Gasteiger partial charge in [0.15, 0.2) is 12.2 Å². The number of morpholine rings is 1. The van der Waals surface area contributed by atoms with Crippen LogP contribution in [0.4, 0.5) is 17.6 Å².